The second kappa shape index (κ2) is 9.58. The molecule has 2 unspecified atom stereocenters. The highest BCUT2D eigenvalue weighted by Gasteiger charge is 2.34. The molecule has 2 atom stereocenters. The molecule has 10 heteroatoms. The molecule has 3 saturated heterocycles. The van der Waals surface area contributed by atoms with Gasteiger partial charge in [-0.25, -0.2) is 10.9 Å². The van der Waals surface area contributed by atoms with Gasteiger partial charge in [0.25, 0.3) is 0 Å². The van der Waals surface area contributed by atoms with Crippen LogP contribution in [0.25, 0.3) is 0 Å². The molecule has 5 rings (SSSR count). The minimum atomic E-state index is -0.227. The zero-order valence-corrected chi connectivity index (χ0v) is 18.7. The number of halogens is 1. The number of nitrogens with one attached hydrogen (secondary N) is 2. The molecule has 2 N–H and O–H groups in total. The highest BCUT2D eigenvalue weighted by atomic mass is 35.5. The number of nitrogens with zero attached hydrogens (tertiary/aromatic N) is 5. The molecule has 1 aromatic carbocycles. The number of carbonyl (C=O) groups excluding carboxylic acids is 1. The summed E-state index contributed by atoms with van der Waals surface area (Å²) in [5.41, 5.74) is 7.55. The van der Waals surface area contributed by atoms with Crippen LogP contribution in [0, 0.1) is 0 Å². The van der Waals surface area contributed by atoms with Crippen LogP contribution >= 0.6 is 11.6 Å². The number of hydrogen-bond donors (Lipinski definition) is 2. The SMILES string of the molecule is O=C(C1CC(c2ccc(Cl)cc2)NN1)N1CCN(c2ccc(N3CCOCC3)nn2)CC1. The number of carbonyl (C=O) groups is 1. The number of piperazine rings is 1. The molecule has 3 aliphatic heterocycles. The van der Waals surface area contributed by atoms with Crippen molar-refractivity contribution in [1.82, 2.24) is 25.9 Å². The second-order valence-corrected chi connectivity index (χ2v) is 8.78. The van der Waals surface area contributed by atoms with Gasteiger partial charge in [-0.2, -0.15) is 0 Å². The number of hydrazine groups is 1. The highest BCUT2D eigenvalue weighted by molar-refractivity contribution is 6.30. The average Bonchev–Trinajstić information content (AvgIpc) is 3.35. The lowest BCUT2D eigenvalue weighted by Gasteiger charge is -2.36. The molecule has 4 heterocycles. The van der Waals surface area contributed by atoms with Gasteiger partial charge < -0.3 is 19.4 Å². The molecule has 0 aliphatic carbocycles. The summed E-state index contributed by atoms with van der Waals surface area (Å²) in [7, 11) is 0. The van der Waals surface area contributed by atoms with Gasteiger partial charge in [0.15, 0.2) is 11.6 Å². The fourth-order valence-corrected chi connectivity index (χ4v) is 4.58. The van der Waals surface area contributed by atoms with Gasteiger partial charge in [-0.3, -0.25) is 4.79 Å². The van der Waals surface area contributed by atoms with Gasteiger partial charge in [0.05, 0.1) is 13.2 Å². The lowest BCUT2D eigenvalue weighted by Crippen LogP contribution is -2.53. The minimum absolute atomic E-state index is 0.0998. The van der Waals surface area contributed by atoms with E-state index in [1.165, 1.54) is 0 Å². The lowest BCUT2D eigenvalue weighted by atomic mass is 10.0. The topological polar surface area (TPSA) is 85.9 Å². The van der Waals surface area contributed by atoms with Crippen molar-refractivity contribution in [3.63, 3.8) is 0 Å². The number of aromatic nitrogens is 2. The van der Waals surface area contributed by atoms with E-state index in [1.807, 2.05) is 41.3 Å². The van der Waals surface area contributed by atoms with Gasteiger partial charge in [0.1, 0.15) is 6.04 Å². The molecular formula is C22H28ClN7O2. The first-order valence-electron chi connectivity index (χ1n) is 11.1. The molecule has 9 nitrogen and oxygen atoms in total. The predicted octanol–water partition coefficient (Wildman–Crippen LogP) is 1.22. The number of rotatable bonds is 4. The summed E-state index contributed by atoms with van der Waals surface area (Å²) >= 11 is 5.98. The standard InChI is InChI=1S/C22H28ClN7O2/c23-17-3-1-16(2-4-17)18-15-19(25-24-18)22(31)30-9-7-28(8-10-30)20-5-6-21(27-26-20)29-11-13-32-14-12-29/h1-6,18-19,24-25H,7-15H2. The average molecular weight is 458 g/mol. The maximum absolute atomic E-state index is 13.0. The van der Waals surface area contributed by atoms with Crippen LogP contribution in [0.2, 0.25) is 5.02 Å². The lowest BCUT2D eigenvalue weighted by molar-refractivity contribution is -0.133. The smallest absolute Gasteiger partial charge is 0.241 e. The molecule has 0 spiro atoms. The summed E-state index contributed by atoms with van der Waals surface area (Å²) in [5, 5.41) is 9.56. The number of amides is 1. The van der Waals surface area contributed by atoms with E-state index in [0.29, 0.717) is 18.1 Å². The molecule has 0 radical (unpaired) electrons. The molecule has 3 fully saturated rings. The van der Waals surface area contributed by atoms with E-state index in [4.69, 9.17) is 16.3 Å². The van der Waals surface area contributed by atoms with Crippen molar-refractivity contribution in [1.29, 1.82) is 0 Å². The van der Waals surface area contributed by atoms with Crippen LogP contribution in [0.15, 0.2) is 36.4 Å². The van der Waals surface area contributed by atoms with Crippen LogP contribution in [0.1, 0.15) is 18.0 Å². The highest BCUT2D eigenvalue weighted by Crippen LogP contribution is 2.25. The zero-order valence-electron chi connectivity index (χ0n) is 17.9. The second-order valence-electron chi connectivity index (χ2n) is 8.34. The third-order valence-electron chi connectivity index (χ3n) is 6.36. The quantitative estimate of drug-likeness (QED) is 0.709. The Balaban J connectivity index is 1.13. The molecule has 2 aromatic rings. The van der Waals surface area contributed by atoms with Crippen LogP contribution in [0.4, 0.5) is 11.6 Å². The minimum Gasteiger partial charge on any atom is -0.378 e. The van der Waals surface area contributed by atoms with Gasteiger partial charge in [-0.15, -0.1) is 10.2 Å². The number of anilines is 2. The molecule has 32 heavy (non-hydrogen) atoms. The number of ether oxygens (including phenoxy) is 1. The van der Waals surface area contributed by atoms with E-state index in [2.05, 4.69) is 30.8 Å². The Hall–Kier alpha value is -2.46. The van der Waals surface area contributed by atoms with Gasteiger partial charge in [-0.1, -0.05) is 23.7 Å². The Labute approximate surface area is 192 Å². The normalized spacial score (nSPS) is 24.1. The van der Waals surface area contributed by atoms with Crippen molar-refractivity contribution >= 4 is 29.1 Å². The van der Waals surface area contributed by atoms with Crippen LogP contribution in [0.3, 0.4) is 0 Å². The van der Waals surface area contributed by atoms with E-state index in [9.17, 15) is 4.79 Å². The molecule has 170 valence electrons. The number of morpholine rings is 1. The number of benzene rings is 1. The van der Waals surface area contributed by atoms with Crippen molar-refractivity contribution in [3.8, 4) is 0 Å². The zero-order chi connectivity index (χ0) is 21.9. The molecule has 1 amide bonds. The first kappa shape index (κ1) is 21.4. The molecule has 3 aliphatic rings. The van der Waals surface area contributed by atoms with E-state index in [1.54, 1.807) is 0 Å². The fraction of sp³-hybridized carbons (Fsp3) is 0.500. The Bertz CT molecular complexity index is 913. The van der Waals surface area contributed by atoms with Crippen LogP contribution in [-0.2, 0) is 9.53 Å². The van der Waals surface area contributed by atoms with Crippen molar-refractivity contribution in [2.75, 3.05) is 62.3 Å². The third kappa shape index (κ3) is 4.66. The first-order chi connectivity index (χ1) is 15.7. The Kier molecular flexibility index (Phi) is 6.40. The molecule has 1 aromatic heterocycles. The number of hydrogen-bond acceptors (Lipinski definition) is 8. The maximum atomic E-state index is 13.0. The van der Waals surface area contributed by atoms with E-state index < -0.39 is 0 Å². The summed E-state index contributed by atoms with van der Waals surface area (Å²) in [6, 6.07) is 11.7. The van der Waals surface area contributed by atoms with Crippen molar-refractivity contribution in [2.45, 2.75) is 18.5 Å². The Morgan fingerprint density at radius 1 is 0.875 bits per heavy atom. The van der Waals surface area contributed by atoms with Crippen molar-refractivity contribution in [3.05, 3.63) is 47.0 Å². The van der Waals surface area contributed by atoms with Gasteiger partial charge in [-0.05, 0) is 36.2 Å². The Morgan fingerprint density at radius 3 is 2.12 bits per heavy atom. The van der Waals surface area contributed by atoms with Gasteiger partial charge in [0.2, 0.25) is 5.91 Å². The van der Waals surface area contributed by atoms with E-state index in [0.717, 1.165) is 63.0 Å². The third-order valence-corrected chi connectivity index (χ3v) is 6.61. The fourth-order valence-electron chi connectivity index (χ4n) is 4.46. The maximum Gasteiger partial charge on any atom is 0.241 e. The summed E-state index contributed by atoms with van der Waals surface area (Å²) in [5.74, 6) is 1.89. The van der Waals surface area contributed by atoms with Gasteiger partial charge in [0, 0.05) is 50.3 Å². The summed E-state index contributed by atoms with van der Waals surface area (Å²) in [4.78, 5) is 19.4. The monoisotopic (exact) mass is 457 g/mol. The van der Waals surface area contributed by atoms with Crippen molar-refractivity contribution in [2.24, 2.45) is 0 Å². The van der Waals surface area contributed by atoms with E-state index in [-0.39, 0.29) is 18.0 Å². The molecule has 0 saturated carbocycles. The van der Waals surface area contributed by atoms with Crippen molar-refractivity contribution < 1.29 is 9.53 Å². The summed E-state index contributed by atoms with van der Waals surface area (Å²) in [6.07, 6.45) is 0.717. The van der Waals surface area contributed by atoms with Gasteiger partial charge >= 0.3 is 0 Å². The predicted molar refractivity (Wildman–Crippen MR) is 123 cm³/mol. The van der Waals surface area contributed by atoms with E-state index >= 15 is 0 Å². The largest absolute Gasteiger partial charge is 0.378 e. The van der Waals surface area contributed by atoms with Crippen LogP contribution < -0.4 is 20.7 Å². The Morgan fingerprint density at radius 2 is 1.50 bits per heavy atom. The molecule has 0 bridgehead atoms. The van der Waals surface area contributed by atoms with Crippen LogP contribution in [-0.4, -0.2) is 79.5 Å². The first-order valence-corrected chi connectivity index (χ1v) is 11.5. The molecular weight excluding hydrogens is 430 g/mol. The van der Waals surface area contributed by atoms with Crippen LogP contribution in [0.5, 0.6) is 0 Å². The summed E-state index contributed by atoms with van der Waals surface area (Å²) < 4.78 is 5.40. The summed E-state index contributed by atoms with van der Waals surface area (Å²) in [6.45, 7) is 5.99.